The van der Waals surface area contributed by atoms with Crippen LogP contribution in [0.1, 0.15) is 19.4 Å². The molecule has 0 spiro atoms. The molecule has 2 N–H and O–H groups in total. The van der Waals surface area contributed by atoms with Gasteiger partial charge >= 0.3 is 0 Å². The lowest BCUT2D eigenvalue weighted by Crippen LogP contribution is -2.31. The van der Waals surface area contributed by atoms with Gasteiger partial charge in [-0.15, -0.1) is 0 Å². The second-order valence-corrected chi connectivity index (χ2v) is 5.29. The molecule has 20 heavy (non-hydrogen) atoms. The number of hydrogen-bond acceptors (Lipinski definition) is 4. The monoisotopic (exact) mass is 277 g/mol. The van der Waals surface area contributed by atoms with E-state index in [9.17, 15) is 0 Å². The van der Waals surface area contributed by atoms with Gasteiger partial charge in [-0.2, -0.15) is 0 Å². The van der Waals surface area contributed by atoms with Crippen LogP contribution in [0, 0.1) is 0 Å². The molecule has 0 aromatic heterocycles. The van der Waals surface area contributed by atoms with Crippen LogP contribution in [-0.4, -0.2) is 31.1 Å². The molecular formula is C16H23NO3. The predicted octanol–water partition coefficient (Wildman–Crippen LogP) is 2.24. The van der Waals surface area contributed by atoms with Crippen LogP contribution in [0.15, 0.2) is 42.5 Å². The lowest BCUT2D eigenvalue weighted by Gasteiger charge is -2.22. The zero-order valence-corrected chi connectivity index (χ0v) is 12.1. The summed E-state index contributed by atoms with van der Waals surface area (Å²) < 4.78 is 17.4. The van der Waals surface area contributed by atoms with Crippen LogP contribution in [-0.2, 0) is 20.8 Å². The molecule has 0 unspecified atom stereocenters. The molecule has 1 saturated heterocycles. The second-order valence-electron chi connectivity index (χ2n) is 5.29. The SMILES string of the molecule is CC1(C)OC[C@H]([C@@H](/C=C/CN)OCc2ccccc2)O1. The first-order chi connectivity index (χ1) is 9.61. The van der Waals surface area contributed by atoms with E-state index in [0.717, 1.165) is 5.56 Å². The third-order valence-electron chi connectivity index (χ3n) is 3.14. The van der Waals surface area contributed by atoms with Gasteiger partial charge in [0.15, 0.2) is 5.79 Å². The van der Waals surface area contributed by atoms with E-state index in [1.54, 1.807) is 0 Å². The largest absolute Gasteiger partial charge is 0.367 e. The normalized spacial score (nSPS) is 23.2. The Bertz CT molecular complexity index is 431. The van der Waals surface area contributed by atoms with Gasteiger partial charge < -0.3 is 19.9 Å². The highest BCUT2D eigenvalue weighted by atomic mass is 16.7. The van der Waals surface area contributed by atoms with Gasteiger partial charge in [0.05, 0.1) is 13.2 Å². The molecule has 0 radical (unpaired) electrons. The van der Waals surface area contributed by atoms with Crippen LogP contribution in [0.2, 0.25) is 0 Å². The molecule has 0 bridgehead atoms. The Hall–Kier alpha value is -1.20. The van der Waals surface area contributed by atoms with Crippen LogP contribution in [0.25, 0.3) is 0 Å². The Morgan fingerprint density at radius 3 is 2.75 bits per heavy atom. The van der Waals surface area contributed by atoms with Gasteiger partial charge in [-0.05, 0) is 19.4 Å². The summed E-state index contributed by atoms with van der Waals surface area (Å²) in [4.78, 5) is 0. The molecule has 0 aliphatic carbocycles. The van der Waals surface area contributed by atoms with Crippen molar-refractivity contribution in [2.75, 3.05) is 13.2 Å². The van der Waals surface area contributed by atoms with Gasteiger partial charge in [-0.3, -0.25) is 0 Å². The van der Waals surface area contributed by atoms with Crippen LogP contribution < -0.4 is 5.73 Å². The minimum atomic E-state index is -0.546. The maximum absolute atomic E-state index is 5.96. The summed E-state index contributed by atoms with van der Waals surface area (Å²) >= 11 is 0. The molecule has 2 rings (SSSR count). The van der Waals surface area contributed by atoms with Crippen molar-refractivity contribution in [3.63, 3.8) is 0 Å². The number of hydrogen-bond donors (Lipinski definition) is 1. The molecule has 1 aliphatic heterocycles. The first-order valence-corrected chi connectivity index (χ1v) is 6.95. The Balaban J connectivity index is 1.96. The average Bonchev–Trinajstić information content (AvgIpc) is 2.80. The minimum absolute atomic E-state index is 0.100. The molecule has 4 heteroatoms. The molecule has 0 amide bonds. The number of ether oxygens (including phenoxy) is 3. The van der Waals surface area contributed by atoms with Gasteiger partial charge in [0.25, 0.3) is 0 Å². The van der Waals surface area contributed by atoms with E-state index in [-0.39, 0.29) is 12.2 Å². The molecule has 110 valence electrons. The lowest BCUT2D eigenvalue weighted by molar-refractivity contribution is -0.152. The molecule has 1 heterocycles. The third kappa shape index (κ3) is 4.42. The van der Waals surface area contributed by atoms with Crippen molar-refractivity contribution >= 4 is 0 Å². The van der Waals surface area contributed by atoms with E-state index in [2.05, 4.69) is 0 Å². The quantitative estimate of drug-likeness (QED) is 0.810. The fourth-order valence-electron chi connectivity index (χ4n) is 2.14. The Kier molecular flexibility index (Phi) is 5.31. The Morgan fingerprint density at radius 2 is 2.15 bits per heavy atom. The van der Waals surface area contributed by atoms with Crippen molar-refractivity contribution < 1.29 is 14.2 Å². The van der Waals surface area contributed by atoms with Crippen molar-refractivity contribution in [3.8, 4) is 0 Å². The van der Waals surface area contributed by atoms with Gasteiger partial charge in [-0.25, -0.2) is 0 Å². The summed E-state index contributed by atoms with van der Waals surface area (Å²) in [7, 11) is 0. The Labute approximate surface area is 120 Å². The summed E-state index contributed by atoms with van der Waals surface area (Å²) in [5.41, 5.74) is 6.66. The van der Waals surface area contributed by atoms with Gasteiger partial charge in [0.1, 0.15) is 12.2 Å². The summed E-state index contributed by atoms with van der Waals surface area (Å²) in [6.07, 6.45) is 3.60. The van der Waals surface area contributed by atoms with E-state index in [4.69, 9.17) is 19.9 Å². The number of nitrogens with two attached hydrogens (primary N) is 1. The van der Waals surface area contributed by atoms with Crippen molar-refractivity contribution in [1.82, 2.24) is 0 Å². The van der Waals surface area contributed by atoms with Crippen molar-refractivity contribution in [3.05, 3.63) is 48.0 Å². The first-order valence-electron chi connectivity index (χ1n) is 6.95. The highest BCUT2D eigenvalue weighted by Gasteiger charge is 2.36. The molecule has 4 nitrogen and oxygen atoms in total. The third-order valence-corrected chi connectivity index (χ3v) is 3.14. The van der Waals surface area contributed by atoms with Gasteiger partial charge in [0.2, 0.25) is 0 Å². The average molecular weight is 277 g/mol. The topological polar surface area (TPSA) is 53.7 Å². The summed E-state index contributed by atoms with van der Waals surface area (Å²) in [6, 6.07) is 10.1. The zero-order valence-electron chi connectivity index (χ0n) is 12.1. The van der Waals surface area contributed by atoms with E-state index in [0.29, 0.717) is 19.8 Å². The molecule has 1 aromatic rings. The standard InChI is InChI=1S/C16H23NO3/c1-16(2)19-12-15(20-16)14(9-6-10-17)18-11-13-7-4-3-5-8-13/h3-9,14-15H,10-12,17H2,1-2H3/b9-6+/t14-,15-/m1/s1. The second kappa shape index (κ2) is 6.99. The van der Waals surface area contributed by atoms with Crippen LogP contribution in [0.4, 0.5) is 0 Å². The van der Waals surface area contributed by atoms with Gasteiger partial charge in [-0.1, -0.05) is 42.5 Å². The predicted molar refractivity (Wildman–Crippen MR) is 78.1 cm³/mol. The van der Waals surface area contributed by atoms with E-state index in [1.165, 1.54) is 0 Å². The van der Waals surface area contributed by atoms with Crippen molar-refractivity contribution in [2.45, 2.75) is 38.4 Å². The fraction of sp³-hybridized carbons (Fsp3) is 0.500. The molecule has 0 saturated carbocycles. The van der Waals surface area contributed by atoms with E-state index in [1.807, 2.05) is 56.3 Å². The zero-order chi connectivity index (χ0) is 14.4. The number of benzene rings is 1. The van der Waals surface area contributed by atoms with Crippen molar-refractivity contribution in [1.29, 1.82) is 0 Å². The van der Waals surface area contributed by atoms with Crippen LogP contribution >= 0.6 is 0 Å². The number of rotatable bonds is 6. The smallest absolute Gasteiger partial charge is 0.163 e. The molecule has 1 aliphatic rings. The molecule has 2 atom stereocenters. The molecule has 1 fully saturated rings. The summed E-state index contributed by atoms with van der Waals surface area (Å²) in [6.45, 7) is 5.38. The fourth-order valence-corrected chi connectivity index (χ4v) is 2.14. The van der Waals surface area contributed by atoms with Gasteiger partial charge in [0, 0.05) is 6.54 Å². The highest BCUT2D eigenvalue weighted by molar-refractivity contribution is 5.13. The Morgan fingerprint density at radius 1 is 1.40 bits per heavy atom. The lowest BCUT2D eigenvalue weighted by atomic mass is 10.2. The summed E-state index contributed by atoms with van der Waals surface area (Å²) in [5.74, 6) is -0.546. The van der Waals surface area contributed by atoms with E-state index < -0.39 is 5.79 Å². The highest BCUT2D eigenvalue weighted by Crippen LogP contribution is 2.26. The first kappa shape index (κ1) is 15.2. The summed E-state index contributed by atoms with van der Waals surface area (Å²) in [5, 5.41) is 0. The van der Waals surface area contributed by atoms with E-state index >= 15 is 0 Å². The minimum Gasteiger partial charge on any atom is -0.367 e. The maximum Gasteiger partial charge on any atom is 0.163 e. The maximum atomic E-state index is 5.96. The molecule has 1 aromatic carbocycles. The van der Waals surface area contributed by atoms with Crippen molar-refractivity contribution in [2.24, 2.45) is 5.73 Å². The molecular weight excluding hydrogens is 254 g/mol. The van der Waals surface area contributed by atoms with Crippen LogP contribution in [0.5, 0.6) is 0 Å². The van der Waals surface area contributed by atoms with Crippen LogP contribution in [0.3, 0.4) is 0 Å².